The molecule has 0 unspecified atom stereocenters. The number of fused-ring (bicyclic) bond motifs is 1. The summed E-state index contributed by atoms with van der Waals surface area (Å²) in [4.78, 5) is 28.2. The van der Waals surface area contributed by atoms with Crippen molar-refractivity contribution in [1.82, 2.24) is 0 Å². The van der Waals surface area contributed by atoms with Gasteiger partial charge in [-0.25, -0.2) is 4.90 Å². The molecule has 2 amide bonds. The zero-order valence-corrected chi connectivity index (χ0v) is 21.9. The molecule has 1 fully saturated rings. The number of anilines is 1. The third-order valence-corrected chi connectivity index (χ3v) is 8.16. The van der Waals surface area contributed by atoms with Crippen LogP contribution >= 0.6 is 11.8 Å². The number of nitrogens with zero attached hydrogens (tertiary/aromatic N) is 1. The number of benzene rings is 4. The van der Waals surface area contributed by atoms with Crippen LogP contribution in [0.3, 0.4) is 0 Å². The van der Waals surface area contributed by atoms with Crippen molar-refractivity contribution in [1.29, 1.82) is 0 Å². The lowest BCUT2D eigenvalue weighted by atomic mass is 10.0. The van der Waals surface area contributed by atoms with Crippen LogP contribution in [0, 0.1) is 0 Å². The van der Waals surface area contributed by atoms with Crippen molar-refractivity contribution < 1.29 is 24.2 Å². The number of amides is 2. The number of ether oxygens (including phenoxy) is 2. The van der Waals surface area contributed by atoms with E-state index in [0.29, 0.717) is 23.2 Å². The van der Waals surface area contributed by atoms with E-state index in [-0.39, 0.29) is 30.6 Å². The van der Waals surface area contributed by atoms with Gasteiger partial charge in [0.2, 0.25) is 0 Å². The summed E-state index contributed by atoms with van der Waals surface area (Å²) in [6.45, 7) is -0.00661. The van der Waals surface area contributed by atoms with Crippen LogP contribution in [-0.4, -0.2) is 28.8 Å². The second kappa shape index (κ2) is 11.2. The summed E-state index contributed by atoms with van der Waals surface area (Å²) in [5, 5.41) is 9.44. The van der Waals surface area contributed by atoms with Gasteiger partial charge >= 0.3 is 0 Å². The molecule has 6 rings (SSSR count). The highest BCUT2D eigenvalue weighted by Gasteiger charge is 2.37. The van der Waals surface area contributed by atoms with Crippen LogP contribution in [0.1, 0.15) is 56.2 Å². The molecule has 1 N–H and O–H groups in total. The molecule has 2 aliphatic rings. The molecule has 7 heteroatoms. The highest BCUT2D eigenvalue weighted by atomic mass is 32.2. The van der Waals surface area contributed by atoms with Crippen molar-refractivity contribution in [2.45, 2.75) is 36.4 Å². The minimum atomic E-state index is -0.612. The zero-order valence-electron chi connectivity index (χ0n) is 21.1. The molecular formula is C32H27NO5S. The first kappa shape index (κ1) is 25.5. The van der Waals surface area contributed by atoms with Crippen LogP contribution in [0.5, 0.6) is 0 Å². The molecule has 0 saturated carbocycles. The van der Waals surface area contributed by atoms with E-state index in [9.17, 15) is 14.7 Å². The summed E-state index contributed by atoms with van der Waals surface area (Å²) in [6, 6.07) is 32.1. The van der Waals surface area contributed by atoms with Gasteiger partial charge in [0.05, 0.1) is 35.6 Å². The van der Waals surface area contributed by atoms with Crippen molar-refractivity contribution in [3.05, 3.63) is 131 Å². The second-order valence-corrected chi connectivity index (χ2v) is 10.7. The molecule has 2 aliphatic heterocycles. The Morgan fingerprint density at radius 1 is 0.744 bits per heavy atom. The molecule has 4 aromatic carbocycles. The third-order valence-electron chi connectivity index (χ3n) is 7.01. The molecular weight excluding hydrogens is 510 g/mol. The van der Waals surface area contributed by atoms with Crippen molar-refractivity contribution >= 4 is 29.3 Å². The Kier molecular flexibility index (Phi) is 7.30. The van der Waals surface area contributed by atoms with E-state index >= 15 is 0 Å². The monoisotopic (exact) mass is 537 g/mol. The summed E-state index contributed by atoms with van der Waals surface area (Å²) in [7, 11) is 0. The Morgan fingerprint density at radius 2 is 1.36 bits per heavy atom. The summed E-state index contributed by atoms with van der Waals surface area (Å²) >= 11 is 1.75. The summed E-state index contributed by atoms with van der Waals surface area (Å²) < 4.78 is 12.8. The van der Waals surface area contributed by atoms with Gasteiger partial charge in [-0.1, -0.05) is 66.7 Å². The van der Waals surface area contributed by atoms with E-state index in [4.69, 9.17) is 9.47 Å². The van der Waals surface area contributed by atoms with Crippen molar-refractivity contribution in [3.8, 4) is 0 Å². The van der Waals surface area contributed by atoms with E-state index < -0.39 is 6.29 Å². The van der Waals surface area contributed by atoms with Gasteiger partial charge in [0.15, 0.2) is 6.29 Å². The lowest BCUT2D eigenvalue weighted by Gasteiger charge is -2.36. The number of thioether (sulfide) groups is 1. The Hall–Kier alpha value is -3.75. The van der Waals surface area contributed by atoms with Crippen molar-refractivity contribution in [2.75, 3.05) is 10.7 Å². The molecule has 196 valence electrons. The van der Waals surface area contributed by atoms with Crippen LogP contribution in [0.4, 0.5) is 5.69 Å². The zero-order chi connectivity index (χ0) is 26.8. The minimum Gasteiger partial charge on any atom is -0.392 e. The summed E-state index contributed by atoms with van der Waals surface area (Å²) in [6.07, 6.45) is -0.165. The van der Waals surface area contributed by atoms with E-state index in [1.807, 2.05) is 54.6 Å². The Bertz CT molecular complexity index is 1440. The van der Waals surface area contributed by atoms with Crippen LogP contribution in [-0.2, 0) is 16.1 Å². The third kappa shape index (κ3) is 5.27. The molecule has 3 atom stereocenters. The predicted octanol–water partition coefficient (Wildman–Crippen LogP) is 6.32. The van der Waals surface area contributed by atoms with Crippen LogP contribution in [0.25, 0.3) is 0 Å². The lowest BCUT2D eigenvalue weighted by molar-refractivity contribution is -0.245. The molecule has 0 aromatic heterocycles. The minimum absolute atomic E-state index is 0.00661. The topological polar surface area (TPSA) is 76.1 Å². The molecule has 6 nitrogen and oxygen atoms in total. The molecule has 39 heavy (non-hydrogen) atoms. The quantitative estimate of drug-likeness (QED) is 0.220. The molecule has 0 spiro atoms. The van der Waals surface area contributed by atoms with Gasteiger partial charge in [0.1, 0.15) is 0 Å². The maximum atomic E-state index is 12.9. The largest absolute Gasteiger partial charge is 0.392 e. The fourth-order valence-corrected chi connectivity index (χ4v) is 5.88. The standard InChI is InChI=1S/C32H27NO5S/c34-19-21-10-12-22(13-11-21)29-18-25(20-39-26-6-2-1-3-7-26)37-32(38-29)23-14-16-24(17-15-23)33-30(35)27-8-4-5-9-28(27)31(33)36/h1-17,25,29,32,34H,18-20H2/t25-,29+,32+/m0/s1. The number of carbonyl (C=O) groups is 2. The molecule has 2 heterocycles. The van der Waals surface area contributed by atoms with E-state index in [1.54, 1.807) is 48.2 Å². The SMILES string of the molecule is O=C1c2ccccc2C(=O)N1c1ccc([C@@H]2O[C@H](CSc3ccccc3)C[C@H](c3ccc(CO)cc3)O2)cc1. The maximum Gasteiger partial charge on any atom is 0.266 e. The maximum absolute atomic E-state index is 12.9. The van der Waals surface area contributed by atoms with Gasteiger partial charge in [-0.05, 0) is 47.5 Å². The van der Waals surface area contributed by atoms with Gasteiger partial charge in [-0.15, -0.1) is 11.8 Å². The summed E-state index contributed by atoms with van der Waals surface area (Å²) in [5.74, 6) is 0.123. The summed E-state index contributed by atoms with van der Waals surface area (Å²) in [5.41, 5.74) is 4.02. The van der Waals surface area contributed by atoms with E-state index in [1.165, 1.54) is 9.80 Å². The number of rotatable bonds is 7. The van der Waals surface area contributed by atoms with E-state index in [0.717, 1.165) is 22.4 Å². The van der Waals surface area contributed by atoms with E-state index in [2.05, 4.69) is 12.1 Å². The number of aliphatic hydroxyl groups excluding tert-OH is 1. The Morgan fingerprint density at radius 3 is 2.00 bits per heavy atom. The lowest BCUT2D eigenvalue weighted by Crippen LogP contribution is -2.31. The first-order chi connectivity index (χ1) is 19.1. The number of imide groups is 1. The smallest absolute Gasteiger partial charge is 0.266 e. The fourth-order valence-electron chi connectivity index (χ4n) is 4.93. The fraction of sp³-hybridized carbons (Fsp3) is 0.188. The van der Waals surface area contributed by atoms with Crippen molar-refractivity contribution in [3.63, 3.8) is 0 Å². The average molecular weight is 538 g/mol. The normalized spacial score (nSPS) is 20.7. The Labute approximate surface area is 231 Å². The number of hydrogen-bond acceptors (Lipinski definition) is 6. The molecule has 0 radical (unpaired) electrons. The van der Waals surface area contributed by atoms with Crippen LogP contribution < -0.4 is 4.90 Å². The van der Waals surface area contributed by atoms with Crippen LogP contribution in [0.2, 0.25) is 0 Å². The predicted molar refractivity (Wildman–Crippen MR) is 150 cm³/mol. The molecule has 4 aromatic rings. The highest BCUT2D eigenvalue weighted by molar-refractivity contribution is 7.99. The Balaban J connectivity index is 1.23. The van der Waals surface area contributed by atoms with Crippen molar-refractivity contribution in [2.24, 2.45) is 0 Å². The average Bonchev–Trinajstić information content (AvgIpc) is 3.26. The van der Waals surface area contributed by atoms with Crippen LogP contribution in [0.15, 0.2) is 108 Å². The molecule has 0 bridgehead atoms. The number of carbonyl (C=O) groups excluding carboxylic acids is 2. The van der Waals surface area contributed by atoms with Gasteiger partial charge < -0.3 is 14.6 Å². The number of aliphatic hydroxyl groups is 1. The second-order valence-electron chi connectivity index (χ2n) is 9.56. The molecule has 0 aliphatic carbocycles. The first-order valence-electron chi connectivity index (χ1n) is 12.9. The van der Waals surface area contributed by atoms with Gasteiger partial charge in [0.25, 0.3) is 11.8 Å². The van der Waals surface area contributed by atoms with Gasteiger partial charge in [-0.3, -0.25) is 9.59 Å². The number of hydrogen-bond donors (Lipinski definition) is 1. The van der Waals surface area contributed by atoms with Gasteiger partial charge in [-0.2, -0.15) is 0 Å². The highest BCUT2D eigenvalue weighted by Crippen LogP contribution is 2.40. The molecule has 1 saturated heterocycles. The van der Waals surface area contributed by atoms with Gasteiger partial charge in [0, 0.05) is 22.6 Å². The first-order valence-corrected chi connectivity index (χ1v) is 13.9.